The van der Waals surface area contributed by atoms with E-state index in [2.05, 4.69) is 164 Å². The number of benzene rings is 4. The molecule has 0 aliphatic heterocycles. The van der Waals surface area contributed by atoms with Gasteiger partial charge in [-0.3, -0.25) is 12.2 Å². The van der Waals surface area contributed by atoms with E-state index in [4.69, 9.17) is 0 Å². The Kier molecular flexibility index (Phi) is 9.12. The summed E-state index contributed by atoms with van der Waals surface area (Å²) in [6.07, 6.45) is 12.8. The molecule has 0 heterocycles. The number of rotatable bonds is 2. The Bertz CT molecular complexity index is 1950. The van der Waals surface area contributed by atoms with Crippen molar-refractivity contribution in [2.45, 2.75) is 86.5 Å². The molecule has 0 nitrogen and oxygen atoms in total. The van der Waals surface area contributed by atoms with Gasteiger partial charge in [0.05, 0.1) is 0 Å². The Morgan fingerprint density at radius 2 is 1.43 bits per heavy atom. The Morgan fingerprint density at radius 1 is 0.787 bits per heavy atom. The predicted octanol–water partition coefficient (Wildman–Crippen LogP) is 12.0. The summed E-state index contributed by atoms with van der Waals surface area (Å²) >= 11 is 1.46. The van der Waals surface area contributed by atoms with E-state index in [9.17, 15) is 0 Å². The molecule has 0 bridgehead atoms. The molecule has 0 saturated heterocycles. The SMILES string of the molecule is CC1=[C-]C(C)(C)c2cc3c(cc21)-c1cc2c(cc1C3)C(C)(C)C=C2C.CC1=[C-]C(C)C=C1C(C)C.[Zr+2]=[CH]c1cccc2ccccc12. The van der Waals surface area contributed by atoms with Crippen LogP contribution in [0.25, 0.3) is 33.0 Å². The fourth-order valence-corrected chi connectivity index (χ4v) is 8.76. The first-order valence-corrected chi connectivity index (χ1v) is 18.6. The number of allylic oxidation sites excluding steroid dienone is 8. The van der Waals surface area contributed by atoms with Gasteiger partial charge in [-0.05, 0) is 58.4 Å². The van der Waals surface area contributed by atoms with Crippen molar-refractivity contribution in [1.82, 2.24) is 0 Å². The zero-order valence-electron chi connectivity index (χ0n) is 29.9. The normalized spacial score (nSPS) is 18.9. The molecule has 0 radical (unpaired) electrons. The monoisotopic (exact) mass is 690 g/mol. The second kappa shape index (κ2) is 12.7. The average Bonchev–Trinajstić information content (AvgIpc) is 3.69. The molecule has 0 spiro atoms. The molecule has 4 aromatic rings. The molecule has 1 atom stereocenters. The molecule has 47 heavy (non-hydrogen) atoms. The quantitative estimate of drug-likeness (QED) is 0.162. The van der Waals surface area contributed by atoms with Crippen molar-refractivity contribution in [3.8, 4) is 11.1 Å². The third-order valence-electron chi connectivity index (χ3n) is 10.3. The molecular weight excluding hydrogens is 644 g/mol. The van der Waals surface area contributed by atoms with Crippen molar-refractivity contribution in [2.75, 3.05) is 0 Å². The van der Waals surface area contributed by atoms with Crippen LogP contribution in [0.1, 0.15) is 108 Å². The zero-order valence-corrected chi connectivity index (χ0v) is 32.4. The van der Waals surface area contributed by atoms with Crippen molar-refractivity contribution >= 4 is 25.6 Å². The molecule has 4 aliphatic rings. The molecule has 0 amide bonds. The maximum absolute atomic E-state index is 3.65. The summed E-state index contributed by atoms with van der Waals surface area (Å²) in [5.74, 6) is 1.20. The second-order valence-corrected chi connectivity index (χ2v) is 16.0. The molecule has 1 heteroatoms. The van der Waals surface area contributed by atoms with Crippen LogP contribution in [-0.4, -0.2) is 3.71 Å². The molecule has 0 saturated carbocycles. The Balaban J connectivity index is 0.000000146. The van der Waals surface area contributed by atoms with E-state index in [-0.39, 0.29) is 10.8 Å². The second-order valence-electron chi connectivity index (χ2n) is 15.3. The molecule has 0 N–H and O–H groups in total. The van der Waals surface area contributed by atoms with E-state index < -0.39 is 0 Å². The van der Waals surface area contributed by atoms with Crippen LogP contribution < -0.4 is 0 Å². The molecule has 4 aliphatic carbocycles. The van der Waals surface area contributed by atoms with Gasteiger partial charge in [0.15, 0.2) is 0 Å². The molecule has 0 aromatic heterocycles. The van der Waals surface area contributed by atoms with Gasteiger partial charge in [-0.2, -0.15) is 17.2 Å². The van der Waals surface area contributed by atoms with Crippen LogP contribution in [0.3, 0.4) is 0 Å². The van der Waals surface area contributed by atoms with Crippen LogP contribution in [0.4, 0.5) is 0 Å². The van der Waals surface area contributed by atoms with Crippen LogP contribution in [0.15, 0.2) is 90.0 Å². The van der Waals surface area contributed by atoms with Crippen LogP contribution in [0, 0.1) is 24.0 Å². The third-order valence-corrected chi connectivity index (χ3v) is 11.1. The summed E-state index contributed by atoms with van der Waals surface area (Å²) in [6, 6.07) is 24.7. The number of fused-ring (bicyclic) bond motifs is 6. The minimum absolute atomic E-state index is 0.0340. The first-order chi connectivity index (χ1) is 22.2. The van der Waals surface area contributed by atoms with E-state index in [1.165, 1.54) is 107 Å². The van der Waals surface area contributed by atoms with E-state index >= 15 is 0 Å². The first kappa shape index (κ1) is 33.7. The Morgan fingerprint density at radius 3 is 2.04 bits per heavy atom. The van der Waals surface area contributed by atoms with Crippen molar-refractivity contribution in [3.05, 3.63) is 141 Å². The van der Waals surface area contributed by atoms with Gasteiger partial charge in [0, 0.05) is 5.41 Å². The van der Waals surface area contributed by atoms with Crippen molar-refractivity contribution in [1.29, 1.82) is 0 Å². The van der Waals surface area contributed by atoms with Gasteiger partial charge >= 0.3 is 86.7 Å². The molecule has 236 valence electrons. The summed E-state index contributed by atoms with van der Waals surface area (Å²) in [5.41, 5.74) is 18.7. The fraction of sp³-hybridized carbons (Fsp3) is 0.326. The minimum atomic E-state index is 0.0340. The number of hydrogen-bond acceptors (Lipinski definition) is 0. The Labute approximate surface area is 298 Å². The summed E-state index contributed by atoms with van der Waals surface area (Å²) in [5, 5.41) is 2.69. The van der Waals surface area contributed by atoms with E-state index in [1.54, 1.807) is 0 Å². The van der Waals surface area contributed by atoms with Gasteiger partial charge < -0.3 is 0 Å². The molecule has 8 rings (SSSR count). The van der Waals surface area contributed by atoms with Gasteiger partial charge in [-0.1, -0.05) is 97.8 Å². The van der Waals surface area contributed by atoms with E-state index in [0.717, 1.165) is 6.42 Å². The van der Waals surface area contributed by atoms with Gasteiger partial charge in [0.2, 0.25) is 0 Å². The standard InChI is InChI=1S/C25H25.C11H8.C10H15.Zr/c1-14-12-24(3,4)22-8-16-7-17-9-23-19(15(2)13-25(23,5)6)11-21(17)20(16)10-18(14)22;1-9-5-4-7-10-6-2-3-8-11(9)10;1-7(2)10-6-8(3)5-9(10)4;/h8-12H,7H2,1-6H3;1-8H;6-8H,1-4H3;/q-1;;-1;+2. The average molecular weight is 692 g/mol. The molecular formula is C46H48Zr. The maximum atomic E-state index is 3.65. The zero-order chi connectivity index (χ0) is 33.8. The van der Waals surface area contributed by atoms with Crippen LogP contribution >= 0.6 is 0 Å². The van der Waals surface area contributed by atoms with Crippen molar-refractivity contribution < 1.29 is 24.2 Å². The van der Waals surface area contributed by atoms with Crippen LogP contribution in [-0.2, 0) is 41.5 Å². The van der Waals surface area contributed by atoms with Gasteiger partial charge in [-0.15, -0.1) is 11.6 Å². The van der Waals surface area contributed by atoms with E-state index in [1.807, 2.05) is 0 Å². The molecule has 1 unspecified atom stereocenters. The fourth-order valence-electron chi connectivity index (χ4n) is 8.14. The molecule has 4 aromatic carbocycles. The summed E-state index contributed by atoms with van der Waals surface area (Å²) in [6.45, 7) is 22.5. The van der Waals surface area contributed by atoms with Gasteiger partial charge in [-0.25, -0.2) is 11.1 Å². The summed E-state index contributed by atoms with van der Waals surface area (Å²) in [7, 11) is 0. The third kappa shape index (κ3) is 6.38. The summed E-state index contributed by atoms with van der Waals surface area (Å²) in [4.78, 5) is 0. The Hall–Kier alpha value is -3.15. The van der Waals surface area contributed by atoms with Crippen molar-refractivity contribution in [2.24, 2.45) is 11.8 Å². The van der Waals surface area contributed by atoms with Gasteiger partial charge in [0.1, 0.15) is 0 Å². The van der Waals surface area contributed by atoms with Crippen molar-refractivity contribution in [3.63, 3.8) is 0 Å². The van der Waals surface area contributed by atoms with Gasteiger partial charge in [0.25, 0.3) is 0 Å². The van der Waals surface area contributed by atoms with Crippen LogP contribution in [0.2, 0.25) is 0 Å². The summed E-state index contributed by atoms with van der Waals surface area (Å²) < 4.78 is 2.23. The predicted molar refractivity (Wildman–Crippen MR) is 200 cm³/mol. The number of hydrogen-bond donors (Lipinski definition) is 0. The molecule has 0 fully saturated rings. The first-order valence-electron chi connectivity index (χ1n) is 17.2. The van der Waals surface area contributed by atoms with E-state index in [0.29, 0.717) is 11.8 Å². The van der Waals surface area contributed by atoms with Crippen LogP contribution in [0.5, 0.6) is 0 Å². The topological polar surface area (TPSA) is 0 Å².